The van der Waals surface area contributed by atoms with Crippen molar-refractivity contribution >= 4 is 23.3 Å². The van der Waals surface area contributed by atoms with E-state index in [4.69, 9.17) is 14.9 Å². The number of aryl methyl sites for hydroxylation is 1. The Balaban J connectivity index is 0.000000479. The topological polar surface area (TPSA) is 134 Å². The smallest absolute Gasteiger partial charge is 0.478 e. The molecule has 0 bridgehead atoms. The van der Waals surface area contributed by atoms with Crippen molar-refractivity contribution in [3.8, 4) is 11.3 Å². The van der Waals surface area contributed by atoms with Crippen LogP contribution in [0.2, 0.25) is 0 Å². The second-order valence-corrected chi connectivity index (χ2v) is 7.91. The molecule has 3 heterocycles. The van der Waals surface area contributed by atoms with Gasteiger partial charge < -0.3 is 15.5 Å². The van der Waals surface area contributed by atoms with Gasteiger partial charge in [-0.15, -0.1) is 0 Å². The lowest BCUT2D eigenvalue weighted by molar-refractivity contribution is -0.192. The molecule has 0 spiro atoms. The number of alkyl halides is 3. The number of benzene rings is 1. The van der Waals surface area contributed by atoms with Crippen molar-refractivity contribution in [2.24, 2.45) is 0 Å². The minimum Gasteiger partial charge on any atom is -0.478 e. The summed E-state index contributed by atoms with van der Waals surface area (Å²) in [6, 6.07) is 13.5. The molecule has 3 aromatic heterocycles. The number of aromatic nitrogens is 3. The standard InChI is InChI=1S/C23H20N4O3.C2HF3O2/c1-14-10-18(15(2)25-19-8-4-3-7-17(19)23(29)30)22-26-20(11-21(28)27(22)13-14)16-6-5-9-24-12-16;3-2(4,5)1(6)7/h3-13,15,25H,1-2H3,(H,29,30);(H,6,7). The summed E-state index contributed by atoms with van der Waals surface area (Å²) in [6.07, 6.45) is -0.00584. The van der Waals surface area contributed by atoms with Crippen LogP contribution in [0.15, 0.2) is 71.9 Å². The highest BCUT2D eigenvalue weighted by Gasteiger charge is 2.38. The van der Waals surface area contributed by atoms with E-state index in [0.29, 0.717) is 17.0 Å². The summed E-state index contributed by atoms with van der Waals surface area (Å²) in [5.41, 5.74) is 3.98. The first-order valence-corrected chi connectivity index (χ1v) is 10.7. The Morgan fingerprint density at radius 2 is 1.76 bits per heavy atom. The van der Waals surface area contributed by atoms with Crippen LogP contribution >= 0.6 is 0 Å². The summed E-state index contributed by atoms with van der Waals surface area (Å²) in [5.74, 6) is -3.76. The molecule has 0 saturated carbocycles. The molecule has 0 radical (unpaired) electrons. The van der Waals surface area contributed by atoms with E-state index < -0.39 is 18.1 Å². The zero-order valence-corrected chi connectivity index (χ0v) is 19.5. The third kappa shape index (κ3) is 6.48. The van der Waals surface area contributed by atoms with Crippen LogP contribution in [0.4, 0.5) is 18.9 Å². The van der Waals surface area contributed by atoms with Gasteiger partial charge in [-0.25, -0.2) is 14.6 Å². The first-order chi connectivity index (χ1) is 17.4. The van der Waals surface area contributed by atoms with Crippen molar-refractivity contribution in [3.63, 3.8) is 0 Å². The molecule has 1 aromatic carbocycles. The molecule has 0 aliphatic carbocycles. The number of carbonyl (C=O) groups is 2. The van der Waals surface area contributed by atoms with Gasteiger partial charge >= 0.3 is 18.1 Å². The highest BCUT2D eigenvalue weighted by atomic mass is 19.4. The van der Waals surface area contributed by atoms with Crippen LogP contribution in [-0.4, -0.2) is 42.7 Å². The van der Waals surface area contributed by atoms with Gasteiger partial charge in [-0.1, -0.05) is 12.1 Å². The van der Waals surface area contributed by atoms with Gasteiger partial charge in [0.25, 0.3) is 5.56 Å². The number of carboxylic acids is 2. The maximum Gasteiger partial charge on any atom is 0.490 e. The Morgan fingerprint density at radius 1 is 1.08 bits per heavy atom. The monoisotopic (exact) mass is 514 g/mol. The molecule has 1 atom stereocenters. The van der Waals surface area contributed by atoms with Crippen molar-refractivity contribution in [2.75, 3.05) is 5.32 Å². The molecule has 1 unspecified atom stereocenters. The number of para-hydroxylation sites is 1. The highest BCUT2D eigenvalue weighted by molar-refractivity contribution is 5.94. The van der Waals surface area contributed by atoms with Gasteiger partial charge in [0.15, 0.2) is 0 Å². The van der Waals surface area contributed by atoms with Gasteiger partial charge in [0.05, 0.1) is 17.3 Å². The van der Waals surface area contributed by atoms with E-state index in [-0.39, 0.29) is 17.2 Å². The van der Waals surface area contributed by atoms with Crippen LogP contribution in [0, 0.1) is 6.92 Å². The van der Waals surface area contributed by atoms with Gasteiger partial charge in [-0.3, -0.25) is 14.2 Å². The average molecular weight is 514 g/mol. The van der Waals surface area contributed by atoms with Gasteiger partial charge in [0.1, 0.15) is 5.65 Å². The number of halogens is 3. The Labute approximate surface area is 207 Å². The van der Waals surface area contributed by atoms with Crippen LogP contribution in [-0.2, 0) is 4.79 Å². The maximum absolute atomic E-state index is 12.8. The Bertz CT molecular complexity index is 1500. The first kappa shape index (κ1) is 26.9. The number of aromatic carboxylic acids is 1. The van der Waals surface area contributed by atoms with Gasteiger partial charge in [-0.05, 0) is 49.7 Å². The molecule has 9 nitrogen and oxygen atoms in total. The van der Waals surface area contributed by atoms with Crippen molar-refractivity contribution in [1.29, 1.82) is 0 Å². The average Bonchev–Trinajstić information content (AvgIpc) is 2.84. The fraction of sp³-hybridized carbons (Fsp3) is 0.160. The van der Waals surface area contributed by atoms with E-state index >= 15 is 0 Å². The number of fused-ring (bicyclic) bond motifs is 1. The number of pyridine rings is 2. The number of hydrogen-bond donors (Lipinski definition) is 3. The zero-order chi connectivity index (χ0) is 27.3. The van der Waals surface area contributed by atoms with Crippen molar-refractivity contribution in [3.05, 3.63) is 94.2 Å². The number of nitrogens with zero attached hydrogens (tertiary/aromatic N) is 3. The normalized spacial score (nSPS) is 11.8. The molecule has 4 rings (SSSR count). The Morgan fingerprint density at radius 3 is 2.35 bits per heavy atom. The molecule has 0 aliphatic heterocycles. The van der Waals surface area contributed by atoms with Crippen LogP contribution in [0.1, 0.15) is 34.5 Å². The lowest BCUT2D eigenvalue weighted by Gasteiger charge is -2.19. The minimum absolute atomic E-state index is 0.183. The summed E-state index contributed by atoms with van der Waals surface area (Å²) >= 11 is 0. The van der Waals surface area contributed by atoms with E-state index in [0.717, 1.165) is 16.7 Å². The van der Waals surface area contributed by atoms with Gasteiger partial charge in [-0.2, -0.15) is 13.2 Å². The Kier molecular flexibility index (Phi) is 7.91. The Hall–Kier alpha value is -4.74. The van der Waals surface area contributed by atoms with Crippen LogP contribution in [0.3, 0.4) is 0 Å². The predicted octanol–water partition coefficient (Wildman–Crippen LogP) is 4.57. The van der Waals surface area contributed by atoms with Gasteiger partial charge in [0.2, 0.25) is 0 Å². The summed E-state index contributed by atoms with van der Waals surface area (Å²) in [4.78, 5) is 42.1. The van der Waals surface area contributed by atoms with E-state index in [1.165, 1.54) is 10.5 Å². The number of rotatable bonds is 5. The molecule has 12 heteroatoms. The molecule has 37 heavy (non-hydrogen) atoms. The van der Waals surface area contributed by atoms with Gasteiger partial charge in [0, 0.05) is 41.5 Å². The number of carboxylic acid groups (broad SMARTS) is 2. The van der Waals surface area contributed by atoms with E-state index in [9.17, 15) is 27.9 Å². The van der Waals surface area contributed by atoms with Crippen molar-refractivity contribution in [2.45, 2.75) is 26.1 Å². The second-order valence-electron chi connectivity index (χ2n) is 7.91. The fourth-order valence-corrected chi connectivity index (χ4v) is 3.46. The first-order valence-electron chi connectivity index (χ1n) is 10.7. The van der Waals surface area contributed by atoms with Crippen molar-refractivity contribution < 1.29 is 33.0 Å². The molecule has 0 amide bonds. The number of nitrogens with one attached hydrogen (secondary N) is 1. The molecule has 0 saturated heterocycles. The lowest BCUT2D eigenvalue weighted by Crippen LogP contribution is -2.21. The summed E-state index contributed by atoms with van der Waals surface area (Å²) < 4.78 is 33.3. The van der Waals surface area contributed by atoms with Crippen LogP contribution < -0.4 is 10.9 Å². The molecule has 0 aliphatic rings. The molecular formula is C25H21F3N4O5. The third-order valence-corrected chi connectivity index (χ3v) is 5.12. The summed E-state index contributed by atoms with van der Waals surface area (Å²) in [7, 11) is 0. The fourth-order valence-electron chi connectivity index (χ4n) is 3.46. The third-order valence-electron chi connectivity index (χ3n) is 5.12. The van der Waals surface area contributed by atoms with E-state index in [1.54, 1.807) is 48.9 Å². The summed E-state index contributed by atoms with van der Waals surface area (Å²) in [6.45, 7) is 3.82. The highest BCUT2D eigenvalue weighted by Crippen LogP contribution is 2.26. The molecule has 3 N–H and O–H groups in total. The molecule has 0 fully saturated rings. The minimum atomic E-state index is -5.08. The van der Waals surface area contributed by atoms with E-state index in [2.05, 4.69) is 10.3 Å². The molecular weight excluding hydrogens is 493 g/mol. The molecule has 4 aromatic rings. The second kappa shape index (κ2) is 10.9. The number of aliphatic carboxylic acids is 1. The number of anilines is 1. The SMILES string of the molecule is Cc1cc(C(C)Nc2ccccc2C(=O)O)c2nc(-c3cccnc3)cc(=O)n2c1.O=C(O)C(F)(F)F. The molecule has 192 valence electrons. The lowest BCUT2D eigenvalue weighted by atomic mass is 10.1. The van der Waals surface area contributed by atoms with Crippen LogP contribution in [0.25, 0.3) is 16.9 Å². The summed E-state index contributed by atoms with van der Waals surface area (Å²) in [5, 5.41) is 19.8. The maximum atomic E-state index is 12.8. The predicted molar refractivity (Wildman–Crippen MR) is 129 cm³/mol. The largest absolute Gasteiger partial charge is 0.490 e. The number of hydrogen-bond acceptors (Lipinski definition) is 6. The zero-order valence-electron chi connectivity index (χ0n) is 19.5. The van der Waals surface area contributed by atoms with E-state index in [1.807, 2.05) is 26.0 Å². The quantitative estimate of drug-likeness (QED) is 0.353. The van der Waals surface area contributed by atoms with Crippen LogP contribution in [0.5, 0.6) is 0 Å². The van der Waals surface area contributed by atoms with Crippen molar-refractivity contribution in [1.82, 2.24) is 14.4 Å².